The first kappa shape index (κ1) is 12.5. The molecule has 0 unspecified atom stereocenters. The Balaban J connectivity index is 2.19. The highest BCUT2D eigenvalue weighted by atomic mass is 19.1. The first-order valence-electron chi connectivity index (χ1n) is 5.86. The number of carboxylic acid groups (broad SMARTS) is 1. The van der Waals surface area contributed by atoms with E-state index < -0.39 is 12.6 Å². The third-order valence-corrected chi connectivity index (χ3v) is 3.06. The van der Waals surface area contributed by atoms with Crippen LogP contribution in [0.3, 0.4) is 0 Å². The van der Waals surface area contributed by atoms with Gasteiger partial charge in [0.2, 0.25) is 6.79 Å². The van der Waals surface area contributed by atoms with Crippen molar-refractivity contribution < 1.29 is 23.8 Å². The molecule has 6 nitrogen and oxygen atoms in total. The van der Waals surface area contributed by atoms with Gasteiger partial charge in [0.25, 0.3) is 0 Å². The van der Waals surface area contributed by atoms with Gasteiger partial charge in [-0.1, -0.05) is 0 Å². The molecule has 1 aromatic carbocycles. The second kappa shape index (κ2) is 4.52. The summed E-state index contributed by atoms with van der Waals surface area (Å²) >= 11 is 0. The van der Waals surface area contributed by atoms with Crippen LogP contribution in [0, 0.1) is 0 Å². The fourth-order valence-corrected chi connectivity index (χ4v) is 2.16. The molecule has 0 bridgehead atoms. The first-order chi connectivity index (χ1) is 9.60. The van der Waals surface area contributed by atoms with Gasteiger partial charge in [0.1, 0.15) is 6.67 Å². The second-order valence-electron chi connectivity index (χ2n) is 4.35. The summed E-state index contributed by atoms with van der Waals surface area (Å²) in [5.74, 6) is -0.197. The number of carboxylic acids is 1. The molecule has 1 aliphatic heterocycles. The number of rotatable bonds is 3. The summed E-state index contributed by atoms with van der Waals surface area (Å²) in [6.07, 6.45) is 0. The lowest BCUT2D eigenvalue weighted by atomic mass is 10.1. The maximum atomic E-state index is 12.9. The number of benzene rings is 1. The highest BCUT2D eigenvalue weighted by Crippen LogP contribution is 2.42. The van der Waals surface area contributed by atoms with E-state index in [-0.39, 0.29) is 12.5 Å². The molecule has 0 spiro atoms. The van der Waals surface area contributed by atoms with Gasteiger partial charge in [0.05, 0.1) is 5.69 Å². The maximum Gasteiger partial charge on any atom is 0.356 e. The molecule has 0 radical (unpaired) electrons. The fraction of sp³-hybridized carbons (Fsp3) is 0.231. The van der Waals surface area contributed by atoms with Crippen LogP contribution in [-0.2, 0) is 13.7 Å². The number of aromatic nitrogens is 2. The zero-order valence-electron chi connectivity index (χ0n) is 10.6. The standard InChI is InChI=1S/C13H11FN2O4/c1-16-10(4-9(15-16)13(17)18)8-2-7(5-14)3-11-12(8)20-6-19-11/h2-4H,5-6H2,1H3,(H,17,18). The van der Waals surface area contributed by atoms with Gasteiger partial charge in [-0.3, -0.25) is 4.68 Å². The van der Waals surface area contributed by atoms with Crippen molar-refractivity contribution in [3.05, 3.63) is 29.5 Å². The Kier molecular flexibility index (Phi) is 2.81. The van der Waals surface area contributed by atoms with E-state index in [2.05, 4.69) is 5.10 Å². The minimum absolute atomic E-state index is 0.0573. The monoisotopic (exact) mass is 278 g/mol. The molecular formula is C13H11FN2O4. The predicted molar refractivity (Wildman–Crippen MR) is 66.5 cm³/mol. The van der Waals surface area contributed by atoms with Crippen molar-refractivity contribution in [2.45, 2.75) is 6.67 Å². The average molecular weight is 278 g/mol. The van der Waals surface area contributed by atoms with Gasteiger partial charge in [-0.15, -0.1) is 0 Å². The minimum atomic E-state index is -1.12. The quantitative estimate of drug-likeness (QED) is 0.929. The maximum absolute atomic E-state index is 12.9. The van der Waals surface area contributed by atoms with Gasteiger partial charge in [-0.2, -0.15) is 5.10 Å². The van der Waals surface area contributed by atoms with E-state index in [1.807, 2.05) is 0 Å². The highest BCUT2D eigenvalue weighted by molar-refractivity contribution is 5.87. The Bertz CT molecular complexity index is 696. The number of hydrogen-bond donors (Lipinski definition) is 1. The third-order valence-electron chi connectivity index (χ3n) is 3.06. The molecule has 0 amide bonds. The largest absolute Gasteiger partial charge is 0.476 e. The average Bonchev–Trinajstić information content (AvgIpc) is 3.03. The molecule has 1 aliphatic rings. The normalized spacial score (nSPS) is 12.7. The van der Waals surface area contributed by atoms with Crippen LogP contribution in [0.1, 0.15) is 16.1 Å². The zero-order valence-corrected chi connectivity index (χ0v) is 10.6. The van der Waals surface area contributed by atoms with Gasteiger partial charge in [-0.05, 0) is 23.8 Å². The van der Waals surface area contributed by atoms with E-state index in [1.54, 1.807) is 19.2 Å². The van der Waals surface area contributed by atoms with Gasteiger partial charge >= 0.3 is 5.97 Å². The van der Waals surface area contributed by atoms with Crippen molar-refractivity contribution in [3.63, 3.8) is 0 Å². The minimum Gasteiger partial charge on any atom is -0.476 e. The van der Waals surface area contributed by atoms with Crippen molar-refractivity contribution in [1.29, 1.82) is 0 Å². The van der Waals surface area contributed by atoms with Crippen molar-refractivity contribution in [3.8, 4) is 22.8 Å². The Morgan fingerprint density at radius 3 is 2.90 bits per heavy atom. The first-order valence-corrected chi connectivity index (χ1v) is 5.86. The number of hydrogen-bond acceptors (Lipinski definition) is 4. The molecule has 2 heterocycles. The summed E-state index contributed by atoms with van der Waals surface area (Å²) < 4.78 is 25.0. The van der Waals surface area contributed by atoms with Crippen LogP contribution in [0.4, 0.5) is 4.39 Å². The Morgan fingerprint density at radius 1 is 1.45 bits per heavy atom. The fourth-order valence-electron chi connectivity index (χ4n) is 2.16. The van der Waals surface area contributed by atoms with Crippen molar-refractivity contribution in [2.24, 2.45) is 7.05 Å². The smallest absolute Gasteiger partial charge is 0.356 e. The number of halogens is 1. The van der Waals surface area contributed by atoms with Crippen molar-refractivity contribution >= 4 is 5.97 Å². The molecule has 2 aromatic rings. The molecule has 0 fully saturated rings. The summed E-state index contributed by atoms with van der Waals surface area (Å²) in [4.78, 5) is 11.0. The summed E-state index contributed by atoms with van der Waals surface area (Å²) in [6.45, 7) is -0.588. The lowest BCUT2D eigenvalue weighted by Crippen LogP contribution is -1.99. The molecule has 0 aliphatic carbocycles. The summed E-state index contributed by atoms with van der Waals surface area (Å²) in [6, 6.07) is 4.60. The number of alkyl halides is 1. The summed E-state index contributed by atoms with van der Waals surface area (Å²) in [7, 11) is 1.62. The van der Waals surface area contributed by atoms with E-state index in [0.29, 0.717) is 28.3 Å². The number of fused-ring (bicyclic) bond motifs is 1. The van der Waals surface area contributed by atoms with E-state index >= 15 is 0 Å². The van der Waals surface area contributed by atoms with E-state index in [0.717, 1.165) is 0 Å². The van der Waals surface area contributed by atoms with Crippen LogP contribution < -0.4 is 9.47 Å². The van der Waals surface area contributed by atoms with Crippen LogP contribution in [0.25, 0.3) is 11.3 Å². The Morgan fingerprint density at radius 2 is 2.25 bits per heavy atom. The molecule has 0 atom stereocenters. The molecule has 1 aromatic heterocycles. The highest BCUT2D eigenvalue weighted by Gasteiger charge is 2.23. The number of aromatic carboxylic acids is 1. The van der Waals surface area contributed by atoms with Crippen LogP contribution >= 0.6 is 0 Å². The molecule has 0 saturated heterocycles. The molecular weight excluding hydrogens is 267 g/mol. The van der Waals surface area contributed by atoms with Crippen molar-refractivity contribution in [1.82, 2.24) is 9.78 Å². The summed E-state index contributed by atoms with van der Waals surface area (Å²) in [5, 5.41) is 12.9. The lowest BCUT2D eigenvalue weighted by molar-refractivity contribution is 0.0689. The number of nitrogens with zero attached hydrogens (tertiary/aromatic N) is 2. The molecule has 1 N–H and O–H groups in total. The molecule has 0 saturated carbocycles. The van der Waals surface area contributed by atoms with Gasteiger partial charge in [0, 0.05) is 12.6 Å². The van der Waals surface area contributed by atoms with Gasteiger partial charge in [-0.25, -0.2) is 9.18 Å². The van der Waals surface area contributed by atoms with Crippen LogP contribution in [-0.4, -0.2) is 27.6 Å². The van der Waals surface area contributed by atoms with E-state index in [9.17, 15) is 9.18 Å². The van der Waals surface area contributed by atoms with Crippen LogP contribution in [0.15, 0.2) is 18.2 Å². The summed E-state index contributed by atoms with van der Waals surface area (Å²) in [5.41, 5.74) is 1.44. The molecule has 3 rings (SSSR count). The van der Waals surface area contributed by atoms with E-state index in [4.69, 9.17) is 14.6 Å². The number of aryl methyl sites for hydroxylation is 1. The topological polar surface area (TPSA) is 73.6 Å². The van der Waals surface area contributed by atoms with Gasteiger partial charge in [0.15, 0.2) is 17.2 Å². The predicted octanol–water partition coefficient (Wildman–Crippen LogP) is 1.98. The Hall–Kier alpha value is -2.57. The third kappa shape index (κ3) is 1.87. The second-order valence-corrected chi connectivity index (χ2v) is 4.35. The molecule has 7 heteroatoms. The lowest BCUT2D eigenvalue weighted by Gasteiger charge is -2.08. The zero-order chi connectivity index (χ0) is 14.3. The molecule has 104 valence electrons. The van der Waals surface area contributed by atoms with E-state index in [1.165, 1.54) is 10.7 Å². The Labute approximate surface area is 113 Å². The number of ether oxygens (including phenoxy) is 2. The van der Waals surface area contributed by atoms with Gasteiger partial charge < -0.3 is 14.6 Å². The van der Waals surface area contributed by atoms with Crippen LogP contribution in [0.5, 0.6) is 11.5 Å². The number of carbonyl (C=O) groups is 1. The SMILES string of the molecule is Cn1nc(C(=O)O)cc1-c1cc(CF)cc2c1OCO2. The molecule has 20 heavy (non-hydrogen) atoms. The van der Waals surface area contributed by atoms with Crippen molar-refractivity contribution in [2.75, 3.05) is 6.79 Å². The van der Waals surface area contributed by atoms with Crippen LogP contribution in [0.2, 0.25) is 0 Å².